The van der Waals surface area contributed by atoms with Gasteiger partial charge in [0, 0.05) is 17.8 Å². The zero-order valence-corrected chi connectivity index (χ0v) is 12.7. The van der Waals surface area contributed by atoms with Crippen molar-refractivity contribution in [2.75, 3.05) is 4.90 Å². The molecule has 5 heteroatoms. The molecule has 1 saturated carbocycles. The molecule has 23 heavy (non-hydrogen) atoms. The third-order valence-corrected chi connectivity index (χ3v) is 4.65. The summed E-state index contributed by atoms with van der Waals surface area (Å²) in [6.45, 7) is 0. The molecular formula is C18H18N2O3. The fourth-order valence-corrected chi connectivity index (χ4v) is 3.52. The Balaban J connectivity index is 2.03. The Bertz CT molecular complexity index is 692. The maximum absolute atomic E-state index is 11.9. The van der Waals surface area contributed by atoms with Gasteiger partial charge in [0.05, 0.1) is 10.5 Å². The monoisotopic (exact) mass is 310 g/mol. The van der Waals surface area contributed by atoms with Crippen LogP contribution in [0, 0.1) is 10.1 Å². The SMILES string of the molecule is O=CN(c1ccc([N+](=O)[O-])cc1)C1(c2ccccc2)CCCC1. The first kappa shape index (κ1) is 15.2. The van der Waals surface area contributed by atoms with Gasteiger partial charge in [0.15, 0.2) is 0 Å². The zero-order chi connectivity index (χ0) is 16.3. The molecule has 1 aliphatic rings. The molecule has 0 atom stereocenters. The molecular weight excluding hydrogens is 292 g/mol. The highest BCUT2D eigenvalue weighted by atomic mass is 16.6. The van der Waals surface area contributed by atoms with Gasteiger partial charge in [0.25, 0.3) is 5.69 Å². The van der Waals surface area contributed by atoms with E-state index in [1.807, 2.05) is 30.3 Å². The summed E-state index contributed by atoms with van der Waals surface area (Å²) in [6.07, 6.45) is 4.76. The number of amides is 1. The predicted molar refractivity (Wildman–Crippen MR) is 88.2 cm³/mol. The molecule has 1 amide bonds. The first-order valence-corrected chi connectivity index (χ1v) is 7.72. The van der Waals surface area contributed by atoms with Crippen LogP contribution in [0.1, 0.15) is 31.2 Å². The Hall–Kier alpha value is -2.69. The van der Waals surface area contributed by atoms with Crippen LogP contribution >= 0.6 is 0 Å². The number of nitro benzene ring substituents is 1. The third-order valence-electron chi connectivity index (χ3n) is 4.65. The lowest BCUT2D eigenvalue weighted by molar-refractivity contribution is -0.384. The van der Waals surface area contributed by atoms with Crippen LogP contribution in [0.4, 0.5) is 11.4 Å². The third kappa shape index (κ3) is 2.70. The Morgan fingerprint density at radius 2 is 1.61 bits per heavy atom. The highest BCUT2D eigenvalue weighted by Crippen LogP contribution is 2.45. The van der Waals surface area contributed by atoms with E-state index in [-0.39, 0.29) is 11.2 Å². The number of nitro groups is 1. The average Bonchev–Trinajstić information content (AvgIpc) is 3.07. The smallest absolute Gasteiger partial charge is 0.269 e. The Labute approximate surface area is 134 Å². The molecule has 0 radical (unpaired) electrons. The summed E-state index contributed by atoms with van der Waals surface area (Å²) in [6, 6.07) is 16.2. The first-order chi connectivity index (χ1) is 11.2. The lowest BCUT2D eigenvalue weighted by atomic mass is 9.86. The molecule has 0 bridgehead atoms. The molecule has 1 aliphatic carbocycles. The van der Waals surface area contributed by atoms with Crippen molar-refractivity contribution in [3.63, 3.8) is 0 Å². The van der Waals surface area contributed by atoms with E-state index in [0.29, 0.717) is 5.69 Å². The van der Waals surface area contributed by atoms with E-state index in [1.54, 1.807) is 17.0 Å². The number of carbonyl (C=O) groups is 1. The van der Waals surface area contributed by atoms with Crippen molar-refractivity contribution in [1.29, 1.82) is 0 Å². The lowest BCUT2D eigenvalue weighted by Crippen LogP contribution is -2.43. The lowest BCUT2D eigenvalue weighted by Gasteiger charge is -2.39. The van der Waals surface area contributed by atoms with Gasteiger partial charge >= 0.3 is 0 Å². The summed E-state index contributed by atoms with van der Waals surface area (Å²) in [7, 11) is 0. The van der Waals surface area contributed by atoms with Crippen molar-refractivity contribution >= 4 is 17.8 Å². The highest BCUT2D eigenvalue weighted by Gasteiger charge is 2.41. The van der Waals surface area contributed by atoms with Crippen LogP contribution < -0.4 is 4.90 Å². The van der Waals surface area contributed by atoms with Crippen LogP contribution in [0.25, 0.3) is 0 Å². The van der Waals surface area contributed by atoms with Gasteiger partial charge in [-0.3, -0.25) is 14.9 Å². The molecule has 0 N–H and O–H groups in total. The molecule has 0 heterocycles. The van der Waals surface area contributed by atoms with Gasteiger partial charge in [-0.05, 0) is 30.5 Å². The molecule has 0 aliphatic heterocycles. The first-order valence-electron chi connectivity index (χ1n) is 7.72. The standard InChI is InChI=1S/C18H18N2O3/c21-14-19(16-8-10-17(11-9-16)20(22)23)18(12-4-5-13-18)15-6-2-1-3-7-15/h1-3,6-11,14H,4-5,12-13H2. The Kier molecular flexibility index (Phi) is 4.10. The molecule has 3 rings (SSSR count). The number of benzene rings is 2. The number of carbonyl (C=O) groups excluding carboxylic acids is 1. The van der Waals surface area contributed by atoms with Gasteiger partial charge in [0.1, 0.15) is 0 Å². The summed E-state index contributed by atoms with van der Waals surface area (Å²) in [5.74, 6) is 0. The fourth-order valence-electron chi connectivity index (χ4n) is 3.52. The van der Waals surface area contributed by atoms with Crippen LogP contribution in [-0.4, -0.2) is 11.3 Å². The summed E-state index contributed by atoms with van der Waals surface area (Å²) >= 11 is 0. The molecule has 1 fully saturated rings. The van der Waals surface area contributed by atoms with Gasteiger partial charge in [-0.1, -0.05) is 43.2 Å². The number of rotatable bonds is 5. The van der Waals surface area contributed by atoms with E-state index in [1.165, 1.54) is 12.1 Å². The number of hydrogen-bond donors (Lipinski definition) is 0. The van der Waals surface area contributed by atoms with Crippen molar-refractivity contribution in [2.45, 2.75) is 31.2 Å². The molecule has 0 saturated heterocycles. The number of non-ortho nitro benzene ring substituents is 1. The van der Waals surface area contributed by atoms with E-state index in [0.717, 1.165) is 37.7 Å². The van der Waals surface area contributed by atoms with Crippen LogP contribution in [-0.2, 0) is 10.3 Å². The summed E-state index contributed by atoms with van der Waals surface area (Å²) < 4.78 is 0. The number of nitrogens with zero attached hydrogens (tertiary/aromatic N) is 2. The fraction of sp³-hybridized carbons (Fsp3) is 0.278. The van der Waals surface area contributed by atoms with Crippen molar-refractivity contribution in [3.8, 4) is 0 Å². The average molecular weight is 310 g/mol. The molecule has 0 unspecified atom stereocenters. The van der Waals surface area contributed by atoms with Crippen LogP contribution in [0.5, 0.6) is 0 Å². The Morgan fingerprint density at radius 1 is 1.00 bits per heavy atom. The number of anilines is 1. The predicted octanol–water partition coefficient (Wildman–Crippen LogP) is 4.03. The van der Waals surface area contributed by atoms with E-state index in [4.69, 9.17) is 0 Å². The molecule has 0 aromatic heterocycles. The van der Waals surface area contributed by atoms with Gasteiger partial charge in [-0.2, -0.15) is 0 Å². The maximum atomic E-state index is 11.9. The minimum Gasteiger partial charge on any atom is -0.305 e. The molecule has 2 aromatic rings. The zero-order valence-electron chi connectivity index (χ0n) is 12.7. The van der Waals surface area contributed by atoms with Crippen molar-refractivity contribution in [2.24, 2.45) is 0 Å². The molecule has 2 aromatic carbocycles. The van der Waals surface area contributed by atoms with E-state index in [9.17, 15) is 14.9 Å². The van der Waals surface area contributed by atoms with Gasteiger partial charge in [0.2, 0.25) is 6.41 Å². The van der Waals surface area contributed by atoms with Gasteiger partial charge in [-0.15, -0.1) is 0 Å². The second-order valence-corrected chi connectivity index (χ2v) is 5.85. The normalized spacial score (nSPS) is 16.0. The topological polar surface area (TPSA) is 63.5 Å². The minimum absolute atomic E-state index is 0.0276. The highest BCUT2D eigenvalue weighted by molar-refractivity contribution is 5.78. The molecule has 5 nitrogen and oxygen atoms in total. The van der Waals surface area contributed by atoms with Crippen molar-refractivity contribution < 1.29 is 9.72 Å². The molecule has 0 spiro atoms. The second-order valence-electron chi connectivity index (χ2n) is 5.85. The number of hydrogen-bond acceptors (Lipinski definition) is 3. The van der Waals surface area contributed by atoms with Gasteiger partial charge < -0.3 is 4.90 Å². The van der Waals surface area contributed by atoms with E-state index < -0.39 is 4.92 Å². The van der Waals surface area contributed by atoms with Crippen LogP contribution in [0.3, 0.4) is 0 Å². The second kappa shape index (κ2) is 6.20. The molecule has 118 valence electrons. The summed E-state index contributed by atoms with van der Waals surface area (Å²) in [4.78, 5) is 24.0. The van der Waals surface area contributed by atoms with Crippen molar-refractivity contribution in [3.05, 3.63) is 70.3 Å². The van der Waals surface area contributed by atoms with Crippen molar-refractivity contribution in [1.82, 2.24) is 0 Å². The van der Waals surface area contributed by atoms with Gasteiger partial charge in [-0.25, -0.2) is 0 Å². The minimum atomic E-state index is -0.433. The Morgan fingerprint density at radius 3 is 2.13 bits per heavy atom. The van der Waals surface area contributed by atoms with E-state index in [2.05, 4.69) is 0 Å². The maximum Gasteiger partial charge on any atom is 0.269 e. The largest absolute Gasteiger partial charge is 0.305 e. The van der Waals surface area contributed by atoms with Crippen LogP contribution in [0.15, 0.2) is 54.6 Å². The summed E-state index contributed by atoms with van der Waals surface area (Å²) in [5.41, 5.74) is 1.47. The quantitative estimate of drug-likeness (QED) is 0.476. The summed E-state index contributed by atoms with van der Waals surface area (Å²) in [5, 5.41) is 10.8. The van der Waals surface area contributed by atoms with Crippen LogP contribution in [0.2, 0.25) is 0 Å². The van der Waals surface area contributed by atoms with E-state index >= 15 is 0 Å².